The van der Waals surface area contributed by atoms with Crippen LogP contribution in [0.15, 0.2) is 24.3 Å². The summed E-state index contributed by atoms with van der Waals surface area (Å²) in [6, 6.07) is 6.78. The van der Waals surface area contributed by atoms with E-state index in [1.165, 1.54) is 14.0 Å². The van der Waals surface area contributed by atoms with Crippen LogP contribution in [0.25, 0.3) is 0 Å². The number of nitrogen functional groups attached to an aromatic ring is 1. The van der Waals surface area contributed by atoms with Gasteiger partial charge in [-0.1, -0.05) is 12.1 Å². The molecule has 1 atom stereocenters. The zero-order valence-electron chi connectivity index (χ0n) is 8.79. The topological polar surface area (TPSA) is 52.3 Å². The first-order chi connectivity index (χ1) is 6.95. The highest BCUT2D eigenvalue weighted by Gasteiger charge is 2.34. The number of carbonyl (C=O) groups excluding carboxylic acids is 1. The van der Waals surface area contributed by atoms with Crippen molar-refractivity contribution in [3.63, 3.8) is 0 Å². The van der Waals surface area contributed by atoms with E-state index >= 15 is 0 Å². The number of benzene rings is 1. The maximum Gasteiger partial charge on any atom is 0.343 e. The Morgan fingerprint density at radius 3 is 2.80 bits per heavy atom. The van der Waals surface area contributed by atoms with Gasteiger partial charge < -0.3 is 10.5 Å². The number of esters is 1. The van der Waals surface area contributed by atoms with Gasteiger partial charge in [0.05, 0.1) is 7.11 Å². The van der Waals surface area contributed by atoms with Crippen LogP contribution in [0.3, 0.4) is 0 Å². The predicted octanol–water partition coefficient (Wildman–Crippen LogP) is 1.71. The summed E-state index contributed by atoms with van der Waals surface area (Å²) in [5.41, 5.74) is 4.76. The first kappa shape index (κ1) is 11.5. The zero-order chi connectivity index (χ0) is 11.5. The smallest absolute Gasteiger partial charge is 0.343 e. The molecule has 4 heteroatoms. The Hall–Kier alpha value is -1.58. The Kier molecular flexibility index (Phi) is 3.29. The van der Waals surface area contributed by atoms with Gasteiger partial charge in [-0.15, -0.1) is 0 Å². The number of ether oxygens (including phenoxy) is 1. The van der Waals surface area contributed by atoms with Crippen LogP contribution in [-0.4, -0.2) is 18.7 Å². The van der Waals surface area contributed by atoms with Gasteiger partial charge in [-0.05, 0) is 24.6 Å². The van der Waals surface area contributed by atoms with Crippen molar-refractivity contribution in [2.24, 2.45) is 0 Å². The molecule has 0 saturated carbocycles. The maximum atomic E-state index is 13.8. The third-order valence-corrected chi connectivity index (χ3v) is 2.10. The molecule has 2 N–H and O–H groups in total. The third kappa shape index (κ3) is 2.94. The van der Waals surface area contributed by atoms with Crippen molar-refractivity contribution in [3.8, 4) is 0 Å². The molecule has 1 aromatic carbocycles. The van der Waals surface area contributed by atoms with Gasteiger partial charge in [0.25, 0.3) is 0 Å². The van der Waals surface area contributed by atoms with Gasteiger partial charge >= 0.3 is 5.97 Å². The molecule has 82 valence electrons. The van der Waals surface area contributed by atoms with E-state index in [2.05, 4.69) is 4.74 Å². The molecule has 0 spiro atoms. The molecule has 0 bridgehead atoms. The number of hydrogen-bond donors (Lipinski definition) is 1. The van der Waals surface area contributed by atoms with Crippen LogP contribution in [0.2, 0.25) is 0 Å². The van der Waals surface area contributed by atoms with Crippen molar-refractivity contribution in [2.75, 3.05) is 12.8 Å². The normalized spacial score (nSPS) is 14.3. The Morgan fingerprint density at radius 1 is 1.60 bits per heavy atom. The van der Waals surface area contributed by atoms with E-state index in [1.54, 1.807) is 24.3 Å². The van der Waals surface area contributed by atoms with Crippen LogP contribution in [-0.2, 0) is 16.0 Å². The van der Waals surface area contributed by atoms with Crippen molar-refractivity contribution in [3.05, 3.63) is 29.8 Å². The van der Waals surface area contributed by atoms with Gasteiger partial charge in [-0.25, -0.2) is 9.18 Å². The molecule has 0 fully saturated rings. The van der Waals surface area contributed by atoms with Crippen molar-refractivity contribution in [1.29, 1.82) is 0 Å². The molecule has 1 unspecified atom stereocenters. The fourth-order valence-corrected chi connectivity index (χ4v) is 1.37. The number of alkyl halides is 1. The first-order valence-electron chi connectivity index (χ1n) is 4.57. The Labute approximate surface area is 88.0 Å². The van der Waals surface area contributed by atoms with Gasteiger partial charge in [-0.2, -0.15) is 0 Å². The lowest BCUT2D eigenvalue weighted by atomic mass is 9.98. The van der Waals surface area contributed by atoms with Crippen LogP contribution in [0, 0.1) is 0 Å². The Balaban J connectivity index is 2.81. The van der Waals surface area contributed by atoms with Crippen molar-refractivity contribution in [1.82, 2.24) is 0 Å². The summed E-state index contributed by atoms with van der Waals surface area (Å²) in [7, 11) is 1.17. The summed E-state index contributed by atoms with van der Waals surface area (Å²) in [5, 5.41) is 0. The number of carbonyl (C=O) groups is 1. The highest BCUT2D eigenvalue weighted by atomic mass is 19.1. The summed E-state index contributed by atoms with van der Waals surface area (Å²) >= 11 is 0. The first-order valence-corrected chi connectivity index (χ1v) is 4.57. The fraction of sp³-hybridized carbons (Fsp3) is 0.364. The van der Waals surface area contributed by atoms with E-state index in [1.807, 2.05) is 0 Å². The van der Waals surface area contributed by atoms with Crippen molar-refractivity contribution < 1.29 is 13.9 Å². The van der Waals surface area contributed by atoms with Crippen molar-refractivity contribution >= 4 is 11.7 Å². The molecular weight excluding hydrogens is 197 g/mol. The average Bonchev–Trinajstić information content (AvgIpc) is 2.15. The summed E-state index contributed by atoms with van der Waals surface area (Å²) in [6.45, 7) is 1.20. The molecule has 0 aliphatic rings. The molecule has 0 saturated heterocycles. The van der Waals surface area contributed by atoms with Crippen LogP contribution < -0.4 is 5.73 Å². The van der Waals surface area contributed by atoms with Gasteiger partial charge in [0.1, 0.15) is 0 Å². The minimum atomic E-state index is -2.01. The maximum absolute atomic E-state index is 13.8. The van der Waals surface area contributed by atoms with E-state index in [-0.39, 0.29) is 6.42 Å². The quantitative estimate of drug-likeness (QED) is 0.611. The summed E-state index contributed by atoms with van der Waals surface area (Å²) in [4.78, 5) is 11.1. The van der Waals surface area contributed by atoms with E-state index < -0.39 is 11.6 Å². The Morgan fingerprint density at radius 2 is 2.27 bits per heavy atom. The molecule has 1 rings (SSSR count). The number of anilines is 1. The third-order valence-electron chi connectivity index (χ3n) is 2.10. The minimum absolute atomic E-state index is 0.0370. The summed E-state index contributed by atoms with van der Waals surface area (Å²) in [5.74, 6) is -0.870. The van der Waals surface area contributed by atoms with Crippen LogP contribution in [0.4, 0.5) is 10.1 Å². The molecule has 1 aromatic rings. The van der Waals surface area contributed by atoms with Gasteiger partial charge in [0, 0.05) is 12.1 Å². The van der Waals surface area contributed by atoms with Crippen LogP contribution in [0.1, 0.15) is 12.5 Å². The van der Waals surface area contributed by atoms with Crippen molar-refractivity contribution in [2.45, 2.75) is 19.0 Å². The monoisotopic (exact) mass is 211 g/mol. The minimum Gasteiger partial charge on any atom is -0.467 e. The zero-order valence-corrected chi connectivity index (χ0v) is 8.79. The molecule has 0 amide bonds. The molecule has 0 aliphatic carbocycles. The SMILES string of the molecule is COC(=O)C(C)(F)Cc1cccc(N)c1. The number of nitrogens with two attached hydrogens (primary N) is 1. The van der Waals surface area contributed by atoms with Gasteiger partial charge in [-0.3, -0.25) is 0 Å². The molecule has 3 nitrogen and oxygen atoms in total. The number of methoxy groups -OCH3 is 1. The number of rotatable bonds is 3. The number of halogens is 1. The molecule has 0 radical (unpaired) electrons. The van der Waals surface area contributed by atoms with Gasteiger partial charge in [0.2, 0.25) is 5.67 Å². The highest BCUT2D eigenvalue weighted by Crippen LogP contribution is 2.20. The second-order valence-electron chi connectivity index (χ2n) is 3.61. The van der Waals surface area contributed by atoms with E-state index in [0.29, 0.717) is 11.3 Å². The lowest BCUT2D eigenvalue weighted by molar-refractivity contribution is -0.153. The number of hydrogen-bond acceptors (Lipinski definition) is 3. The predicted molar refractivity (Wildman–Crippen MR) is 56.1 cm³/mol. The van der Waals surface area contributed by atoms with Crippen LogP contribution >= 0.6 is 0 Å². The van der Waals surface area contributed by atoms with Gasteiger partial charge in [0.15, 0.2) is 0 Å². The molecule has 0 aromatic heterocycles. The standard InChI is InChI=1S/C11H14FNO2/c1-11(12,10(14)15-2)7-8-4-3-5-9(13)6-8/h3-6H,7,13H2,1-2H3. The van der Waals surface area contributed by atoms with E-state index in [4.69, 9.17) is 5.73 Å². The van der Waals surface area contributed by atoms with E-state index in [9.17, 15) is 9.18 Å². The fourth-order valence-electron chi connectivity index (χ4n) is 1.37. The van der Waals surface area contributed by atoms with Crippen LogP contribution in [0.5, 0.6) is 0 Å². The van der Waals surface area contributed by atoms with E-state index in [0.717, 1.165) is 0 Å². The summed E-state index contributed by atoms with van der Waals surface area (Å²) in [6.07, 6.45) is -0.0370. The lowest BCUT2D eigenvalue weighted by Gasteiger charge is -2.17. The Bertz CT molecular complexity index is 363. The molecule has 15 heavy (non-hydrogen) atoms. The molecule has 0 aliphatic heterocycles. The molecular formula is C11H14FNO2. The second-order valence-corrected chi connectivity index (χ2v) is 3.61. The lowest BCUT2D eigenvalue weighted by Crippen LogP contribution is -2.33. The molecule has 0 heterocycles. The second kappa shape index (κ2) is 4.29. The average molecular weight is 211 g/mol. The largest absolute Gasteiger partial charge is 0.467 e. The summed E-state index contributed by atoms with van der Waals surface area (Å²) < 4.78 is 18.2. The highest BCUT2D eigenvalue weighted by molar-refractivity contribution is 5.79.